The Labute approximate surface area is 165 Å². The molecule has 0 aliphatic carbocycles. The summed E-state index contributed by atoms with van der Waals surface area (Å²) in [7, 11) is 2.97. The van der Waals surface area contributed by atoms with Crippen LogP contribution in [0.5, 0.6) is 11.6 Å². The molecular formula is C23H17FN2O3. The second-order valence-corrected chi connectivity index (χ2v) is 7.18. The molecule has 3 aromatic carbocycles. The molecule has 6 heteroatoms. The van der Waals surface area contributed by atoms with Gasteiger partial charge in [-0.1, -0.05) is 48.5 Å². The van der Waals surface area contributed by atoms with Crippen LogP contribution in [0, 0.1) is 5.82 Å². The van der Waals surface area contributed by atoms with Crippen LogP contribution < -0.4 is 16.0 Å². The van der Waals surface area contributed by atoms with Crippen LogP contribution in [0.4, 0.5) is 4.39 Å². The van der Waals surface area contributed by atoms with Gasteiger partial charge in [-0.2, -0.15) is 0 Å². The van der Waals surface area contributed by atoms with Crippen molar-refractivity contribution < 1.29 is 9.13 Å². The zero-order valence-electron chi connectivity index (χ0n) is 15.8. The first-order valence-corrected chi connectivity index (χ1v) is 9.23. The van der Waals surface area contributed by atoms with E-state index >= 15 is 0 Å². The normalized spacial score (nSPS) is 14.9. The molecule has 5 rings (SSSR count). The maximum Gasteiger partial charge on any atom is 0.333 e. The maximum absolute atomic E-state index is 15.0. The Morgan fingerprint density at radius 3 is 2.38 bits per heavy atom. The number of rotatable bonds is 1. The molecule has 0 amide bonds. The van der Waals surface area contributed by atoms with E-state index in [0.29, 0.717) is 11.3 Å². The van der Waals surface area contributed by atoms with Crippen LogP contribution in [0.2, 0.25) is 0 Å². The van der Waals surface area contributed by atoms with Crippen molar-refractivity contribution in [3.63, 3.8) is 0 Å². The third-order valence-corrected chi connectivity index (χ3v) is 5.57. The first-order valence-electron chi connectivity index (χ1n) is 9.23. The number of ether oxygens (including phenoxy) is 1. The van der Waals surface area contributed by atoms with E-state index in [9.17, 15) is 14.0 Å². The number of hydrogen-bond acceptors (Lipinski definition) is 3. The minimum atomic E-state index is -0.702. The van der Waals surface area contributed by atoms with E-state index in [1.807, 2.05) is 30.3 Å². The molecular weight excluding hydrogens is 371 g/mol. The van der Waals surface area contributed by atoms with E-state index < -0.39 is 23.0 Å². The van der Waals surface area contributed by atoms with Crippen molar-refractivity contribution in [2.75, 3.05) is 0 Å². The van der Waals surface area contributed by atoms with Crippen molar-refractivity contribution in [3.05, 3.63) is 104 Å². The summed E-state index contributed by atoms with van der Waals surface area (Å²) in [6.07, 6.45) is 0. The second kappa shape index (κ2) is 6.17. The molecule has 1 unspecified atom stereocenters. The molecule has 0 saturated heterocycles. The Morgan fingerprint density at radius 2 is 1.59 bits per heavy atom. The van der Waals surface area contributed by atoms with Crippen molar-refractivity contribution in [2.24, 2.45) is 14.1 Å². The van der Waals surface area contributed by atoms with Crippen LogP contribution in [0.1, 0.15) is 22.6 Å². The molecule has 0 radical (unpaired) electrons. The summed E-state index contributed by atoms with van der Waals surface area (Å²) in [6.45, 7) is 0. The van der Waals surface area contributed by atoms with Crippen LogP contribution in [-0.4, -0.2) is 9.13 Å². The standard InChI is InChI=1S/C23H17FN2O3/c1-25-21(27)20-19(15-9-5-6-10-16(15)24)18-14-8-4-3-7-13(14)11-12-17(18)29-22(20)26(2)23(25)28/h3-12,19H,1-2H3. The fourth-order valence-corrected chi connectivity index (χ4v) is 4.15. The van der Waals surface area contributed by atoms with Crippen molar-refractivity contribution in [1.29, 1.82) is 0 Å². The summed E-state index contributed by atoms with van der Waals surface area (Å²) in [5, 5.41) is 1.83. The SMILES string of the molecule is Cn1c2c(c(=O)n(C)c1=O)C(c1ccccc1F)c1c(ccc3ccccc13)O2. The predicted molar refractivity (Wildman–Crippen MR) is 108 cm³/mol. The van der Waals surface area contributed by atoms with Crippen molar-refractivity contribution in [1.82, 2.24) is 9.13 Å². The van der Waals surface area contributed by atoms with E-state index in [4.69, 9.17) is 4.74 Å². The number of halogens is 1. The number of nitrogens with zero attached hydrogens (tertiary/aromatic N) is 2. The highest BCUT2D eigenvalue weighted by Gasteiger charge is 2.36. The Kier molecular flexibility index (Phi) is 3.71. The minimum Gasteiger partial charge on any atom is -0.440 e. The molecule has 5 nitrogen and oxygen atoms in total. The predicted octanol–water partition coefficient (Wildman–Crippen LogP) is 3.66. The monoisotopic (exact) mass is 388 g/mol. The first-order chi connectivity index (χ1) is 14.0. The van der Waals surface area contributed by atoms with Crippen LogP contribution in [0.15, 0.2) is 70.3 Å². The zero-order valence-corrected chi connectivity index (χ0v) is 15.8. The van der Waals surface area contributed by atoms with E-state index in [1.165, 1.54) is 17.7 Å². The average Bonchev–Trinajstić information content (AvgIpc) is 2.75. The van der Waals surface area contributed by atoms with E-state index in [1.54, 1.807) is 31.3 Å². The summed E-state index contributed by atoms with van der Waals surface area (Å²) in [4.78, 5) is 25.6. The summed E-state index contributed by atoms with van der Waals surface area (Å²) >= 11 is 0. The molecule has 0 saturated carbocycles. The number of hydrogen-bond donors (Lipinski definition) is 0. The quantitative estimate of drug-likeness (QED) is 0.440. The lowest BCUT2D eigenvalue weighted by Gasteiger charge is -2.30. The molecule has 29 heavy (non-hydrogen) atoms. The number of aromatic nitrogens is 2. The molecule has 1 aliphatic heterocycles. The third-order valence-electron chi connectivity index (χ3n) is 5.57. The second-order valence-electron chi connectivity index (χ2n) is 7.18. The van der Waals surface area contributed by atoms with Gasteiger partial charge in [0, 0.05) is 25.2 Å². The molecule has 1 atom stereocenters. The Balaban J connectivity index is 1.98. The number of fused-ring (bicyclic) bond motifs is 4. The van der Waals surface area contributed by atoms with Crippen LogP contribution in [0.3, 0.4) is 0 Å². The van der Waals surface area contributed by atoms with Crippen molar-refractivity contribution in [2.45, 2.75) is 5.92 Å². The van der Waals surface area contributed by atoms with Gasteiger partial charge >= 0.3 is 5.69 Å². The van der Waals surface area contributed by atoms with Crippen LogP contribution in [-0.2, 0) is 14.1 Å². The molecule has 144 valence electrons. The highest BCUT2D eigenvalue weighted by molar-refractivity contribution is 5.90. The lowest BCUT2D eigenvalue weighted by Crippen LogP contribution is -2.41. The lowest BCUT2D eigenvalue weighted by atomic mass is 9.81. The highest BCUT2D eigenvalue weighted by Crippen LogP contribution is 2.48. The maximum atomic E-state index is 15.0. The van der Waals surface area contributed by atoms with Gasteiger partial charge in [0.05, 0.1) is 11.5 Å². The zero-order chi connectivity index (χ0) is 20.3. The summed E-state index contributed by atoms with van der Waals surface area (Å²) in [5.41, 5.74) is 0.352. The molecule has 1 aromatic heterocycles. The van der Waals surface area contributed by atoms with E-state index in [-0.39, 0.29) is 11.4 Å². The number of benzene rings is 3. The van der Waals surface area contributed by atoms with Crippen LogP contribution in [0.25, 0.3) is 10.8 Å². The summed E-state index contributed by atoms with van der Waals surface area (Å²) in [6, 6.07) is 17.8. The van der Waals surface area contributed by atoms with E-state index in [0.717, 1.165) is 20.9 Å². The van der Waals surface area contributed by atoms with Gasteiger partial charge in [-0.25, -0.2) is 9.18 Å². The van der Waals surface area contributed by atoms with Gasteiger partial charge in [0.15, 0.2) is 0 Å². The topological polar surface area (TPSA) is 53.2 Å². The minimum absolute atomic E-state index is 0.147. The fraction of sp³-hybridized carbons (Fsp3) is 0.130. The van der Waals surface area contributed by atoms with Crippen molar-refractivity contribution in [3.8, 4) is 11.6 Å². The molecule has 0 fully saturated rings. The van der Waals surface area contributed by atoms with Gasteiger partial charge in [0.1, 0.15) is 11.6 Å². The third kappa shape index (κ3) is 2.38. The smallest absolute Gasteiger partial charge is 0.333 e. The lowest BCUT2D eigenvalue weighted by molar-refractivity contribution is 0.394. The van der Waals surface area contributed by atoms with Gasteiger partial charge in [0.25, 0.3) is 5.56 Å². The fourth-order valence-electron chi connectivity index (χ4n) is 4.15. The average molecular weight is 388 g/mol. The van der Waals surface area contributed by atoms with Gasteiger partial charge in [-0.05, 0) is 22.9 Å². The van der Waals surface area contributed by atoms with Crippen molar-refractivity contribution >= 4 is 10.8 Å². The molecule has 4 aromatic rings. The first kappa shape index (κ1) is 17.4. The van der Waals surface area contributed by atoms with Crippen LogP contribution >= 0.6 is 0 Å². The Morgan fingerprint density at radius 1 is 0.862 bits per heavy atom. The molecule has 2 heterocycles. The summed E-state index contributed by atoms with van der Waals surface area (Å²) < 4.78 is 23.3. The molecule has 0 bridgehead atoms. The van der Waals surface area contributed by atoms with Gasteiger partial charge < -0.3 is 4.74 Å². The van der Waals surface area contributed by atoms with E-state index in [2.05, 4.69) is 0 Å². The molecule has 1 aliphatic rings. The molecule has 0 N–H and O–H groups in total. The Bertz CT molecular complexity index is 1420. The molecule has 0 spiro atoms. The highest BCUT2D eigenvalue weighted by atomic mass is 19.1. The summed E-state index contributed by atoms with van der Waals surface area (Å²) in [5.74, 6) is -0.464. The Hall–Kier alpha value is -3.67. The van der Waals surface area contributed by atoms with Gasteiger partial charge in [-0.3, -0.25) is 13.9 Å². The van der Waals surface area contributed by atoms with Gasteiger partial charge in [-0.15, -0.1) is 0 Å². The van der Waals surface area contributed by atoms with Gasteiger partial charge in [0.2, 0.25) is 5.88 Å². The largest absolute Gasteiger partial charge is 0.440 e.